The van der Waals surface area contributed by atoms with Gasteiger partial charge in [-0.25, -0.2) is 25.4 Å². The first-order valence-corrected chi connectivity index (χ1v) is 19.4. The number of unbranched alkanes of at least 4 members (excludes halogenated alkanes) is 6. The first-order chi connectivity index (χ1) is 27.7. The molecule has 0 aliphatic heterocycles. The molecule has 0 bridgehead atoms. The summed E-state index contributed by atoms with van der Waals surface area (Å²) in [6.45, 7) is 4.23. The highest BCUT2D eigenvalue weighted by Crippen LogP contribution is 2.04. The van der Waals surface area contributed by atoms with Crippen LogP contribution in [-0.2, 0) is 33.6 Å². The normalized spacial score (nSPS) is 10.9. The van der Waals surface area contributed by atoms with Crippen LogP contribution in [0, 0.1) is 0 Å². The van der Waals surface area contributed by atoms with Gasteiger partial charge in [0, 0.05) is 97.1 Å². The second-order valence-electron chi connectivity index (χ2n) is 13.2. The minimum Gasteiger partial charge on any atom is -0.356 e. The molecule has 0 unspecified atom stereocenters. The summed E-state index contributed by atoms with van der Waals surface area (Å²) < 4.78 is 0. The van der Waals surface area contributed by atoms with Crippen LogP contribution in [0.2, 0.25) is 0 Å². The van der Waals surface area contributed by atoms with Crippen molar-refractivity contribution in [3.8, 4) is 0 Å². The van der Waals surface area contributed by atoms with Crippen LogP contribution in [0.5, 0.6) is 0 Å². The number of urea groups is 1. The van der Waals surface area contributed by atoms with Gasteiger partial charge in [-0.3, -0.25) is 64.5 Å². The van der Waals surface area contributed by atoms with Crippen LogP contribution in [0.4, 0.5) is 4.79 Å². The quantitative estimate of drug-likeness (QED) is 0.0241. The first-order valence-electron chi connectivity index (χ1n) is 19.4. The molecule has 1 heterocycles. The van der Waals surface area contributed by atoms with Crippen molar-refractivity contribution < 1.29 is 54.0 Å². The van der Waals surface area contributed by atoms with E-state index in [0.29, 0.717) is 104 Å². The van der Waals surface area contributed by atoms with Crippen LogP contribution in [0.1, 0.15) is 116 Å². The molecule has 58 heavy (non-hydrogen) atoms. The highest BCUT2D eigenvalue weighted by molar-refractivity contribution is 5.99. The van der Waals surface area contributed by atoms with Crippen molar-refractivity contribution in [1.82, 2.24) is 51.9 Å². The lowest BCUT2D eigenvalue weighted by molar-refractivity contribution is -0.166. The predicted octanol–water partition coefficient (Wildman–Crippen LogP) is 0.900. The van der Waals surface area contributed by atoms with Gasteiger partial charge in [0.05, 0.1) is 11.9 Å². The Labute approximate surface area is 337 Å². The molecule has 0 saturated carbocycles. The zero-order chi connectivity index (χ0) is 43.1. The molecule has 0 spiro atoms. The highest BCUT2D eigenvalue weighted by atomic mass is 16.5. The van der Waals surface area contributed by atoms with Gasteiger partial charge in [0.2, 0.25) is 41.4 Å². The van der Waals surface area contributed by atoms with Gasteiger partial charge < -0.3 is 16.0 Å². The van der Waals surface area contributed by atoms with Gasteiger partial charge in [0.25, 0.3) is 0 Å². The van der Waals surface area contributed by atoms with Crippen molar-refractivity contribution in [3.63, 3.8) is 0 Å². The fourth-order valence-electron chi connectivity index (χ4n) is 4.87. The SMILES string of the molecule is CC(=O)N(O)CCCCCNC(=O)CCC(=O)N(O)CCCCCNC(=O)CCC(=O)N(O)CCCCCNC(=O)CCC(=O)NC(=O)N/N=C(\C)c1cnccn1. The average Bonchev–Trinajstić information content (AvgIpc) is 3.20. The Hall–Kier alpha value is -5.61. The molecule has 9 amide bonds. The van der Waals surface area contributed by atoms with Crippen LogP contribution < -0.4 is 26.7 Å². The number of amides is 9. The molecule has 0 atom stereocenters. The van der Waals surface area contributed by atoms with Gasteiger partial charge in [0.1, 0.15) is 5.69 Å². The number of hydroxylamine groups is 6. The summed E-state index contributed by atoms with van der Waals surface area (Å²) in [5, 5.41) is 44.9. The van der Waals surface area contributed by atoms with E-state index in [1.165, 1.54) is 25.5 Å². The number of hydrogen-bond donors (Lipinski definition) is 8. The van der Waals surface area contributed by atoms with E-state index >= 15 is 0 Å². The van der Waals surface area contributed by atoms with Gasteiger partial charge in [0.15, 0.2) is 0 Å². The van der Waals surface area contributed by atoms with E-state index in [4.69, 9.17) is 0 Å². The Bertz CT molecular complexity index is 1500. The van der Waals surface area contributed by atoms with Crippen LogP contribution >= 0.6 is 0 Å². The maximum absolute atomic E-state index is 12.2. The minimum atomic E-state index is -0.856. The number of hydrogen-bond acceptors (Lipinski definition) is 14. The van der Waals surface area contributed by atoms with Crippen molar-refractivity contribution in [3.05, 3.63) is 24.3 Å². The molecule has 1 aromatic rings. The van der Waals surface area contributed by atoms with Gasteiger partial charge >= 0.3 is 6.03 Å². The van der Waals surface area contributed by atoms with Crippen LogP contribution in [0.3, 0.4) is 0 Å². The largest absolute Gasteiger partial charge is 0.356 e. The smallest absolute Gasteiger partial charge is 0.341 e. The lowest BCUT2D eigenvalue weighted by atomic mass is 10.2. The molecule has 22 nitrogen and oxygen atoms in total. The molecule has 0 aliphatic carbocycles. The van der Waals surface area contributed by atoms with E-state index in [0.717, 1.165) is 0 Å². The Kier molecular flexibility index (Phi) is 26.5. The maximum atomic E-state index is 12.2. The summed E-state index contributed by atoms with van der Waals surface area (Å²) in [7, 11) is 0. The molecule has 0 radical (unpaired) electrons. The van der Waals surface area contributed by atoms with E-state index in [1.54, 1.807) is 6.92 Å². The molecule has 324 valence electrons. The third-order valence-electron chi connectivity index (χ3n) is 8.27. The van der Waals surface area contributed by atoms with E-state index in [2.05, 4.69) is 41.8 Å². The van der Waals surface area contributed by atoms with E-state index in [1.807, 2.05) is 0 Å². The number of carbonyl (C=O) groups excluding carboxylic acids is 8. The summed E-state index contributed by atoms with van der Waals surface area (Å²) >= 11 is 0. The summed E-state index contributed by atoms with van der Waals surface area (Å²) in [5.74, 6) is -3.35. The first kappa shape index (κ1) is 50.4. The molecular weight excluding hydrogens is 762 g/mol. The molecule has 1 aromatic heterocycles. The van der Waals surface area contributed by atoms with Crippen LogP contribution in [0.25, 0.3) is 0 Å². The molecule has 22 heteroatoms. The fraction of sp³-hybridized carbons (Fsp3) is 0.639. The Morgan fingerprint density at radius 2 is 1.00 bits per heavy atom. The number of carbonyl (C=O) groups is 8. The highest BCUT2D eigenvalue weighted by Gasteiger charge is 2.15. The Morgan fingerprint density at radius 1 is 0.569 bits per heavy atom. The monoisotopic (exact) mass is 821 g/mol. The Balaban J connectivity index is 2.02. The topological polar surface area (TPSA) is 305 Å². The number of imide groups is 1. The van der Waals surface area contributed by atoms with Crippen LogP contribution in [0.15, 0.2) is 23.7 Å². The minimum absolute atomic E-state index is 0.0488. The fourth-order valence-corrected chi connectivity index (χ4v) is 4.87. The summed E-state index contributed by atoms with van der Waals surface area (Å²) in [4.78, 5) is 103. The number of nitrogens with zero attached hydrogens (tertiary/aromatic N) is 6. The molecule has 0 fully saturated rings. The molecule has 8 N–H and O–H groups in total. The summed E-state index contributed by atoms with van der Waals surface area (Å²) in [5.41, 5.74) is 3.00. The second-order valence-corrected chi connectivity index (χ2v) is 13.2. The average molecular weight is 822 g/mol. The summed E-state index contributed by atoms with van der Waals surface area (Å²) in [6.07, 6.45) is 8.69. The molecular formula is C36H59N11O11. The molecule has 0 aliphatic rings. The van der Waals surface area contributed by atoms with Crippen molar-refractivity contribution in [2.75, 3.05) is 39.3 Å². The molecule has 0 aromatic carbocycles. The summed E-state index contributed by atoms with van der Waals surface area (Å²) in [6, 6.07) is -0.856. The predicted molar refractivity (Wildman–Crippen MR) is 205 cm³/mol. The lowest BCUT2D eigenvalue weighted by Crippen LogP contribution is -2.38. The molecule has 0 saturated heterocycles. The number of hydrazone groups is 1. The molecule has 1 rings (SSSR count). The van der Waals surface area contributed by atoms with Crippen molar-refractivity contribution >= 4 is 53.1 Å². The van der Waals surface area contributed by atoms with Crippen molar-refractivity contribution in [2.45, 2.75) is 110 Å². The van der Waals surface area contributed by atoms with E-state index in [-0.39, 0.29) is 75.9 Å². The maximum Gasteiger partial charge on any atom is 0.341 e. The third-order valence-corrected chi connectivity index (χ3v) is 8.27. The van der Waals surface area contributed by atoms with Gasteiger partial charge in [-0.1, -0.05) is 0 Å². The standard InChI is InChI=1S/C36H59N11O11/c1-27(29-26-37-21-22-38-29)43-44-36(55)42-33(52)13-12-30(49)39-18-7-4-10-24-46(57)35(54)17-15-32(51)41-20-8-5-11-25-47(58)34(53)16-14-31(50)40-19-6-3-9-23-45(56)28(2)48/h21-22,26,56-58H,3-20,23-25H2,1-2H3,(H,39,49)(H,40,50)(H,41,51)(H2,42,44,52,55)/b43-27+. The van der Waals surface area contributed by atoms with Crippen LogP contribution in [-0.4, -0.2) is 133 Å². The van der Waals surface area contributed by atoms with Crippen molar-refractivity contribution in [2.24, 2.45) is 5.10 Å². The van der Waals surface area contributed by atoms with Gasteiger partial charge in [-0.05, 0) is 64.7 Å². The number of nitrogens with one attached hydrogen (secondary N) is 5. The van der Waals surface area contributed by atoms with Gasteiger partial charge in [-0.2, -0.15) is 5.10 Å². The third kappa shape index (κ3) is 25.5. The van der Waals surface area contributed by atoms with E-state index < -0.39 is 29.7 Å². The number of aromatic nitrogens is 2. The van der Waals surface area contributed by atoms with E-state index in [9.17, 15) is 54.0 Å². The lowest BCUT2D eigenvalue weighted by Gasteiger charge is -2.15. The van der Waals surface area contributed by atoms with Gasteiger partial charge in [-0.15, -0.1) is 0 Å². The number of rotatable bonds is 29. The Morgan fingerprint density at radius 3 is 1.43 bits per heavy atom. The second kappa shape index (κ2) is 30.5. The van der Waals surface area contributed by atoms with Crippen molar-refractivity contribution in [1.29, 1.82) is 0 Å². The zero-order valence-corrected chi connectivity index (χ0v) is 33.4. The zero-order valence-electron chi connectivity index (χ0n) is 33.4.